The van der Waals surface area contributed by atoms with Crippen molar-refractivity contribution in [3.05, 3.63) is 66.4 Å². The van der Waals surface area contributed by atoms with Gasteiger partial charge in [0.1, 0.15) is 11.6 Å². The Kier molecular flexibility index (Phi) is 12.2. The summed E-state index contributed by atoms with van der Waals surface area (Å²) in [5.41, 5.74) is 0.147. The van der Waals surface area contributed by atoms with Crippen LogP contribution >= 0.6 is 0 Å². The van der Waals surface area contributed by atoms with E-state index in [4.69, 9.17) is 9.47 Å². The molecule has 13 nitrogen and oxygen atoms in total. The van der Waals surface area contributed by atoms with Gasteiger partial charge in [0.2, 0.25) is 0 Å². The van der Waals surface area contributed by atoms with E-state index in [9.17, 15) is 31.1 Å². The van der Waals surface area contributed by atoms with Crippen molar-refractivity contribution in [3.63, 3.8) is 0 Å². The maximum Gasteiger partial charge on any atom is 0.261 e. The molecule has 0 saturated carbocycles. The first-order chi connectivity index (χ1) is 22.6. The van der Waals surface area contributed by atoms with Crippen LogP contribution in [-0.4, -0.2) is 98.2 Å². The number of fused-ring (bicyclic) bond motifs is 1. The lowest BCUT2D eigenvalue weighted by atomic mass is 10.0. The number of hydrogen-bond acceptors (Lipinski definition) is 9. The van der Waals surface area contributed by atoms with Gasteiger partial charge in [-0.25, -0.2) is 26.2 Å². The van der Waals surface area contributed by atoms with Crippen molar-refractivity contribution in [2.24, 2.45) is 13.0 Å². The fraction of sp³-hybridized carbons (Fsp3) is 0.500. The fourth-order valence-corrected chi connectivity index (χ4v) is 7.50. The topological polar surface area (TPSA) is 160 Å². The molecule has 4 rings (SSSR count). The summed E-state index contributed by atoms with van der Waals surface area (Å²) >= 11 is 0. The molecule has 0 unspecified atom stereocenters. The zero-order valence-electron chi connectivity index (χ0n) is 27.7. The molecule has 264 valence electrons. The monoisotopic (exact) mass is 709 g/mol. The van der Waals surface area contributed by atoms with Crippen molar-refractivity contribution < 1.29 is 40.6 Å². The Labute approximate surface area is 281 Å². The number of halogens is 1. The molecule has 0 spiro atoms. The second-order valence-corrected chi connectivity index (χ2v) is 15.9. The molecule has 2 aromatic carbocycles. The van der Waals surface area contributed by atoms with E-state index in [1.54, 1.807) is 18.5 Å². The van der Waals surface area contributed by atoms with Crippen molar-refractivity contribution in [2.45, 2.75) is 68.2 Å². The lowest BCUT2D eigenvalue weighted by molar-refractivity contribution is -0.00835. The van der Waals surface area contributed by atoms with Crippen LogP contribution in [0, 0.1) is 11.7 Å². The Morgan fingerprint density at radius 2 is 1.83 bits per heavy atom. The van der Waals surface area contributed by atoms with E-state index < -0.39 is 49.8 Å². The van der Waals surface area contributed by atoms with E-state index in [1.165, 1.54) is 47.0 Å². The van der Waals surface area contributed by atoms with Gasteiger partial charge in [-0.2, -0.15) is 4.31 Å². The van der Waals surface area contributed by atoms with E-state index in [0.29, 0.717) is 19.4 Å². The minimum Gasteiger partial charge on any atom is -0.490 e. The molecule has 0 aliphatic carbocycles. The van der Waals surface area contributed by atoms with Crippen molar-refractivity contribution >= 4 is 31.6 Å². The summed E-state index contributed by atoms with van der Waals surface area (Å²) < 4.78 is 83.8. The highest BCUT2D eigenvalue weighted by atomic mass is 32.2. The van der Waals surface area contributed by atoms with Crippen LogP contribution in [0.2, 0.25) is 0 Å². The van der Waals surface area contributed by atoms with Crippen molar-refractivity contribution in [1.82, 2.24) is 18.8 Å². The molecule has 1 aromatic heterocycles. The molecule has 1 amide bonds. The third-order valence-corrected chi connectivity index (χ3v) is 11.3. The van der Waals surface area contributed by atoms with Gasteiger partial charge >= 0.3 is 0 Å². The van der Waals surface area contributed by atoms with Crippen LogP contribution in [0.15, 0.2) is 64.9 Å². The van der Waals surface area contributed by atoms with Crippen LogP contribution in [0.3, 0.4) is 0 Å². The van der Waals surface area contributed by atoms with Gasteiger partial charge in [0.15, 0.2) is 5.03 Å². The Bertz CT molecular complexity index is 1770. The van der Waals surface area contributed by atoms with Crippen LogP contribution in [-0.2, 0) is 31.8 Å². The number of hydrogen-bond donors (Lipinski definition) is 2. The van der Waals surface area contributed by atoms with Crippen molar-refractivity contribution in [3.8, 4) is 5.75 Å². The molecule has 1 aliphatic rings. The molecule has 4 atom stereocenters. The Hall–Kier alpha value is -3.57. The zero-order valence-corrected chi connectivity index (χ0v) is 29.4. The van der Waals surface area contributed by atoms with Crippen molar-refractivity contribution in [1.29, 1.82) is 0 Å². The molecule has 0 saturated heterocycles. The first-order valence-corrected chi connectivity index (χ1v) is 18.6. The van der Waals surface area contributed by atoms with Gasteiger partial charge in [-0.05, 0) is 75.6 Å². The number of rotatable bonds is 9. The van der Waals surface area contributed by atoms with Gasteiger partial charge in [-0.15, -0.1) is 0 Å². The van der Waals surface area contributed by atoms with Gasteiger partial charge < -0.3 is 24.0 Å². The number of ether oxygens (including phenoxy) is 2. The number of aliphatic hydroxyl groups excluding tert-OH is 1. The second kappa shape index (κ2) is 15.8. The predicted molar refractivity (Wildman–Crippen MR) is 177 cm³/mol. The third kappa shape index (κ3) is 9.11. The number of likely N-dealkylation sites (N-methyl/N-ethyl adjacent to an activating group) is 1. The molecular weight excluding hydrogens is 666 g/mol. The van der Waals surface area contributed by atoms with Crippen LogP contribution < -0.4 is 9.46 Å². The number of nitrogens with zero attached hydrogens (tertiary/aromatic N) is 4. The minimum atomic E-state index is -4.13. The number of aryl methyl sites for hydroxylation is 1. The summed E-state index contributed by atoms with van der Waals surface area (Å²) in [5, 5.41) is 10.1. The summed E-state index contributed by atoms with van der Waals surface area (Å²) in [6, 6.07) is 8.05. The number of nitrogens with one attached hydrogen (secondary N) is 1. The Balaban J connectivity index is 1.68. The Morgan fingerprint density at radius 1 is 1.12 bits per heavy atom. The highest BCUT2D eigenvalue weighted by Gasteiger charge is 2.33. The number of sulfonamides is 2. The largest absolute Gasteiger partial charge is 0.490 e. The summed E-state index contributed by atoms with van der Waals surface area (Å²) in [7, 11) is -4.92. The summed E-state index contributed by atoms with van der Waals surface area (Å²) in [6.07, 6.45) is 3.93. The van der Waals surface area contributed by atoms with Gasteiger partial charge in [-0.1, -0.05) is 6.92 Å². The summed E-state index contributed by atoms with van der Waals surface area (Å²) in [4.78, 5) is 19.6. The molecular formula is C32H44FN5O8S2. The number of aromatic nitrogens is 2. The van der Waals surface area contributed by atoms with Gasteiger partial charge in [-0.3, -0.25) is 9.52 Å². The molecule has 0 bridgehead atoms. The zero-order chi connectivity index (χ0) is 35.2. The predicted octanol–water partition coefficient (Wildman–Crippen LogP) is 3.48. The van der Waals surface area contributed by atoms with Crippen molar-refractivity contribution in [2.75, 3.05) is 38.1 Å². The minimum absolute atomic E-state index is 0.0129. The second-order valence-electron chi connectivity index (χ2n) is 12.2. The standard InChI is InChI=1S/C32H44FN5O8S2/c1-22-17-38(23(2)20-39)32(40)28-16-26(35-47(41,42)27-12-9-25(33)10-13-27)11-14-29(28)46-24(3)8-6-7-15-45-30(22)18-37(5)48(43,44)31-19-36(4)21-34-31/h9-14,16,19,21-24,30,35,39H,6-8,15,17-18,20H2,1-5H3/t22-,23-,24+,30-/m1/s1. The SMILES string of the molecule is C[C@@H]1CN([C@H](C)CO)C(=O)c2cc(NS(=O)(=O)c3ccc(F)cc3)ccc2O[C@@H](C)CCCCO[C@@H]1CN(C)S(=O)(=O)c1cn(C)cn1. The number of amides is 1. The van der Waals surface area contributed by atoms with Gasteiger partial charge in [0.25, 0.3) is 26.0 Å². The molecule has 0 fully saturated rings. The van der Waals surface area contributed by atoms with E-state index in [0.717, 1.165) is 30.7 Å². The lowest BCUT2D eigenvalue weighted by Crippen LogP contribution is -2.48. The average molecular weight is 710 g/mol. The first-order valence-electron chi connectivity index (χ1n) is 15.7. The van der Waals surface area contributed by atoms with Crippen LogP contribution in [0.1, 0.15) is 50.4 Å². The number of imidazole rings is 1. The van der Waals surface area contributed by atoms with E-state index in [1.807, 2.05) is 13.8 Å². The maximum absolute atomic E-state index is 14.3. The van der Waals surface area contributed by atoms with E-state index in [2.05, 4.69) is 9.71 Å². The van der Waals surface area contributed by atoms with Crippen LogP contribution in [0.4, 0.5) is 10.1 Å². The molecule has 48 heavy (non-hydrogen) atoms. The smallest absolute Gasteiger partial charge is 0.261 e. The van der Waals surface area contributed by atoms with Crippen LogP contribution in [0.25, 0.3) is 0 Å². The molecule has 2 heterocycles. The lowest BCUT2D eigenvalue weighted by Gasteiger charge is -2.35. The average Bonchev–Trinajstić information content (AvgIpc) is 3.49. The maximum atomic E-state index is 14.3. The third-order valence-electron chi connectivity index (χ3n) is 8.22. The quantitative estimate of drug-likeness (QED) is 0.339. The Morgan fingerprint density at radius 3 is 2.48 bits per heavy atom. The van der Waals surface area contributed by atoms with Gasteiger partial charge in [0, 0.05) is 51.6 Å². The van der Waals surface area contributed by atoms with Gasteiger partial charge in [0.05, 0.1) is 41.6 Å². The highest BCUT2D eigenvalue weighted by molar-refractivity contribution is 7.92. The number of carbonyl (C=O) groups excluding carboxylic acids is 1. The molecule has 16 heteroatoms. The summed E-state index contributed by atoms with van der Waals surface area (Å²) in [6.45, 7) is 5.42. The highest BCUT2D eigenvalue weighted by Crippen LogP contribution is 2.30. The fourth-order valence-electron chi connectivity index (χ4n) is 5.31. The number of carbonyl (C=O) groups is 1. The number of aliphatic hydroxyl groups is 1. The molecule has 0 radical (unpaired) electrons. The molecule has 1 aliphatic heterocycles. The first kappa shape index (κ1) is 37.3. The van der Waals surface area contributed by atoms with E-state index in [-0.39, 0.29) is 52.7 Å². The van der Waals surface area contributed by atoms with Crippen LogP contribution in [0.5, 0.6) is 5.75 Å². The number of anilines is 1. The number of benzene rings is 2. The van der Waals surface area contributed by atoms with E-state index >= 15 is 0 Å². The summed E-state index contributed by atoms with van der Waals surface area (Å²) in [5.74, 6) is -1.28. The molecule has 3 aromatic rings. The normalized spacial score (nSPS) is 20.9. The molecule has 2 N–H and O–H groups in total.